The monoisotopic (exact) mass is 211 g/mol. The van der Waals surface area contributed by atoms with E-state index in [4.69, 9.17) is 10.6 Å². The number of aliphatic imine (C=N–C) groups is 1. The number of nitrogens with one attached hydrogen (secondary N) is 1. The van der Waals surface area contributed by atoms with Gasteiger partial charge in [0.25, 0.3) is 0 Å². The second-order valence-electron chi connectivity index (χ2n) is 4.65. The van der Waals surface area contributed by atoms with E-state index in [0.717, 1.165) is 18.9 Å². The van der Waals surface area contributed by atoms with Gasteiger partial charge >= 0.3 is 0 Å². The van der Waals surface area contributed by atoms with E-state index in [-0.39, 0.29) is 6.10 Å². The van der Waals surface area contributed by atoms with E-state index < -0.39 is 0 Å². The van der Waals surface area contributed by atoms with Crippen LogP contribution in [0, 0.1) is 5.92 Å². The number of hydrazine groups is 1. The van der Waals surface area contributed by atoms with E-state index in [1.54, 1.807) is 0 Å². The molecule has 2 rings (SSSR count). The summed E-state index contributed by atoms with van der Waals surface area (Å²) in [6.45, 7) is 3.02. The molecule has 0 amide bonds. The van der Waals surface area contributed by atoms with Gasteiger partial charge in [-0.3, -0.25) is 4.99 Å². The summed E-state index contributed by atoms with van der Waals surface area (Å²) >= 11 is 0. The SMILES string of the molecule is CC1CCOC1C(=NC1CCCC1)NN. The zero-order chi connectivity index (χ0) is 10.7. The molecule has 2 unspecified atom stereocenters. The summed E-state index contributed by atoms with van der Waals surface area (Å²) in [4.78, 5) is 4.68. The number of hydrogen-bond acceptors (Lipinski definition) is 3. The van der Waals surface area contributed by atoms with Gasteiger partial charge in [0.2, 0.25) is 0 Å². The van der Waals surface area contributed by atoms with Crippen molar-refractivity contribution in [3.63, 3.8) is 0 Å². The predicted octanol–water partition coefficient (Wildman–Crippen LogP) is 1.22. The molecule has 4 nitrogen and oxygen atoms in total. The average molecular weight is 211 g/mol. The van der Waals surface area contributed by atoms with Crippen molar-refractivity contribution in [1.82, 2.24) is 5.43 Å². The van der Waals surface area contributed by atoms with E-state index in [1.165, 1.54) is 25.7 Å². The van der Waals surface area contributed by atoms with Crippen molar-refractivity contribution in [2.45, 2.75) is 51.2 Å². The predicted molar refractivity (Wildman–Crippen MR) is 60.5 cm³/mol. The zero-order valence-corrected chi connectivity index (χ0v) is 9.41. The van der Waals surface area contributed by atoms with Crippen molar-refractivity contribution in [2.24, 2.45) is 16.8 Å². The minimum atomic E-state index is 0.0931. The number of ether oxygens (including phenoxy) is 1. The van der Waals surface area contributed by atoms with Crippen LogP contribution in [0.3, 0.4) is 0 Å². The Bertz CT molecular complexity index is 236. The lowest BCUT2D eigenvalue weighted by Gasteiger charge is -2.18. The van der Waals surface area contributed by atoms with E-state index in [2.05, 4.69) is 17.3 Å². The van der Waals surface area contributed by atoms with Gasteiger partial charge in [-0.1, -0.05) is 19.8 Å². The molecule has 0 spiro atoms. The van der Waals surface area contributed by atoms with Crippen LogP contribution in [0.1, 0.15) is 39.0 Å². The standard InChI is InChI=1S/C11H21N3O/c1-8-6-7-15-10(8)11(14-12)13-9-4-2-3-5-9/h8-10H,2-7,12H2,1H3,(H,13,14). The third kappa shape index (κ3) is 2.49. The summed E-state index contributed by atoms with van der Waals surface area (Å²) in [5.41, 5.74) is 2.73. The second kappa shape index (κ2) is 4.94. The number of amidine groups is 1. The first-order valence-corrected chi connectivity index (χ1v) is 5.97. The van der Waals surface area contributed by atoms with Crippen LogP contribution in [0.4, 0.5) is 0 Å². The van der Waals surface area contributed by atoms with E-state index in [1.807, 2.05) is 0 Å². The average Bonchev–Trinajstić information content (AvgIpc) is 2.85. The lowest BCUT2D eigenvalue weighted by Crippen LogP contribution is -2.42. The quantitative estimate of drug-likeness (QED) is 0.312. The zero-order valence-electron chi connectivity index (χ0n) is 9.41. The third-order valence-corrected chi connectivity index (χ3v) is 3.45. The molecule has 0 aromatic carbocycles. The van der Waals surface area contributed by atoms with Gasteiger partial charge < -0.3 is 10.2 Å². The summed E-state index contributed by atoms with van der Waals surface area (Å²) in [6.07, 6.45) is 6.20. The summed E-state index contributed by atoms with van der Waals surface area (Å²) in [5, 5.41) is 0. The third-order valence-electron chi connectivity index (χ3n) is 3.45. The molecule has 1 heterocycles. The summed E-state index contributed by atoms with van der Waals surface area (Å²) in [6, 6.07) is 0.465. The molecular weight excluding hydrogens is 190 g/mol. The fourth-order valence-corrected chi connectivity index (χ4v) is 2.47. The first-order chi connectivity index (χ1) is 7.31. The molecule has 1 aliphatic heterocycles. The molecule has 2 aliphatic rings. The first kappa shape index (κ1) is 10.9. The Balaban J connectivity index is 2.01. The van der Waals surface area contributed by atoms with Crippen LogP contribution in [0.5, 0.6) is 0 Å². The van der Waals surface area contributed by atoms with Crippen LogP contribution in [0.25, 0.3) is 0 Å². The molecule has 0 bridgehead atoms. The maximum atomic E-state index is 5.66. The smallest absolute Gasteiger partial charge is 0.141 e. The molecule has 1 saturated heterocycles. The number of rotatable bonds is 2. The molecule has 2 atom stereocenters. The number of hydrogen-bond donors (Lipinski definition) is 2. The van der Waals surface area contributed by atoms with Crippen LogP contribution in [-0.4, -0.2) is 24.6 Å². The highest BCUT2D eigenvalue weighted by Gasteiger charge is 2.29. The van der Waals surface area contributed by atoms with Gasteiger partial charge in [0.05, 0.1) is 6.04 Å². The Labute approximate surface area is 91.2 Å². The lowest BCUT2D eigenvalue weighted by molar-refractivity contribution is 0.142. The van der Waals surface area contributed by atoms with Crippen LogP contribution in [0.15, 0.2) is 4.99 Å². The molecule has 1 saturated carbocycles. The highest BCUT2D eigenvalue weighted by atomic mass is 16.5. The molecule has 0 aromatic rings. The van der Waals surface area contributed by atoms with Gasteiger partial charge in [0, 0.05) is 6.61 Å². The molecule has 4 heteroatoms. The van der Waals surface area contributed by atoms with Crippen molar-refractivity contribution in [3.8, 4) is 0 Å². The topological polar surface area (TPSA) is 59.6 Å². The Morgan fingerprint density at radius 3 is 2.60 bits per heavy atom. The normalized spacial score (nSPS) is 33.6. The van der Waals surface area contributed by atoms with Crippen molar-refractivity contribution < 1.29 is 4.74 Å². The number of nitrogens with two attached hydrogens (primary N) is 1. The van der Waals surface area contributed by atoms with E-state index in [9.17, 15) is 0 Å². The minimum Gasteiger partial charge on any atom is -0.370 e. The van der Waals surface area contributed by atoms with Gasteiger partial charge in [-0.15, -0.1) is 0 Å². The Morgan fingerprint density at radius 1 is 1.33 bits per heavy atom. The first-order valence-electron chi connectivity index (χ1n) is 5.97. The van der Waals surface area contributed by atoms with Crippen molar-refractivity contribution >= 4 is 5.84 Å². The molecule has 2 fully saturated rings. The van der Waals surface area contributed by atoms with E-state index >= 15 is 0 Å². The van der Waals surface area contributed by atoms with Crippen LogP contribution < -0.4 is 11.3 Å². The minimum absolute atomic E-state index is 0.0931. The fraction of sp³-hybridized carbons (Fsp3) is 0.909. The molecule has 1 aliphatic carbocycles. The van der Waals surface area contributed by atoms with Crippen molar-refractivity contribution in [2.75, 3.05) is 6.61 Å². The van der Waals surface area contributed by atoms with Gasteiger partial charge in [-0.2, -0.15) is 0 Å². The molecule has 3 N–H and O–H groups in total. The van der Waals surface area contributed by atoms with Crippen molar-refractivity contribution in [1.29, 1.82) is 0 Å². The van der Waals surface area contributed by atoms with E-state index in [0.29, 0.717) is 12.0 Å². The number of nitrogens with zero attached hydrogens (tertiary/aromatic N) is 1. The summed E-state index contributed by atoms with van der Waals surface area (Å²) < 4.78 is 5.66. The molecule has 0 radical (unpaired) electrons. The van der Waals surface area contributed by atoms with Gasteiger partial charge in [-0.05, 0) is 25.2 Å². The largest absolute Gasteiger partial charge is 0.370 e. The molecule has 15 heavy (non-hydrogen) atoms. The van der Waals surface area contributed by atoms with Crippen molar-refractivity contribution in [3.05, 3.63) is 0 Å². The summed E-state index contributed by atoms with van der Waals surface area (Å²) in [7, 11) is 0. The Morgan fingerprint density at radius 2 is 2.07 bits per heavy atom. The van der Waals surface area contributed by atoms with Gasteiger partial charge in [0.1, 0.15) is 11.9 Å². The fourth-order valence-electron chi connectivity index (χ4n) is 2.47. The van der Waals surface area contributed by atoms with Crippen LogP contribution in [0.2, 0.25) is 0 Å². The van der Waals surface area contributed by atoms with Crippen LogP contribution >= 0.6 is 0 Å². The Hall–Kier alpha value is -0.610. The second-order valence-corrected chi connectivity index (χ2v) is 4.65. The highest BCUT2D eigenvalue weighted by Crippen LogP contribution is 2.24. The Kier molecular flexibility index (Phi) is 3.59. The van der Waals surface area contributed by atoms with Gasteiger partial charge in [0.15, 0.2) is 0 Å². The maximum Gasteiger partial charge on any atom is 0.141 e. The summed E-state index contributed by atoms with van der Waals surface area (Å²) in [5.74, 6) is 6.91. The molecule has 0 aromatic heterocycles. The highest BCUT2D eigenvalue weighted by molar-refractivity contribution is 5.86. The molecule has 86 valence electrons. The van der Waals surface area contributed by atoms with Gasteiger partial charge in [-0.25, -0.2) is 5.84 Å². The van der Waals surface area contributed by atoms with Crippen LogP contribution in [-0.2, 0) is 4.74 Å². The lowest BCUT2D eigenvalue weighted by atomic mass is 10.0. The molecular formula is C11H21N3O. The maximum absolute atomic E-state index is 5.66.